The summed E-state index contributed by atoms with van der Waals surface area (Å²) in [5.74, 6) is -0.642. The third kappa shape index (κ3) is 4.43. The van der Waals surface area contributed by atoms with Crippen molar-refractivity contribution in [3.63, 3.8) is 0 Å². The van der Waals surface area contributed by atoms with Gasteiger partial charge >= 0.3 is 18.2 Å². The van der Waals surface area contributed by atoms with Crippen molar-refractivity contribution in [2.75, 3.05) is 7.11 Å². The zero-order valence-electron chi connectivity index (χ0n) is 14.4. The summed E-state index contributed by atoms with van der Waals surface area (Å²) in [5.41, 5.74) is -0.692. The molecule has 8 heteroatoms. The Balaban J connectivity index is 2.38. The van der Waals surface area contributed by atoms with Crippen molar-refractivity contribution in [2.24, 2.45) is 0 Å². The monoisotopic (exact) mass is 359 g/mol. The van der Waals surface area contributed by atoms with Crippen LogP contribution in [-0.4, -0.2) is 35.7 Å². The topological polar surface area (TPSA) is 55.8 Å². The van der Waals surface area contributed by atoms with Crippen LogP contribution in [0.2, 0.25) is 0 Å². The number of fused-ring (bicyclic) bond motifs is 1. The van der Waals surface area contributed by atoms with Crippen molar-refractivity contribution < 1.29 is 32.2 Å². The van der Waals surface area contributed by atoms with Crippen LogP contribution in [0.3, 0.4) is 0 Å². The maximum absolute atomic E-state index is 12.9. The number of esters is 1. The van der Waals surface area contributed by atoms with Crippen molar-refractivity contribution in [1.82, 2.24) is 4.90 Å². The van der Waals surface area contributed by atoms with E-state index in [0.717, 1.165) is 17.0 Å². The molecular weight excluding hydrogens is 339 g/mol. The normalized spacial score (nSPS) is 17.7. The lowest BCUT2D eigenvalue weighted by molar-refractivity contribution is -0.147. The van der Waals surface area contributed by atoms with Crippen molar-refractivity contribution >= 4 is 12.1 Å². The molecule has 5 nitrogen and oxygen atoms in total. The molecule has 1 aromatic carbocycles. The minimum atomic E-state index is -4.48. The summed E-state index contributed by atoms with van der Waals surface area (Å²) in [7, 11) is 1.19. The van der Waals surface area contributed by atoms with Crippen molar-refractivity contribution in [2.45, 2.75) is 51.6 Å². The van der Waals surface area contributed by atoms with E-state index in [1.165, 1.54) is 13.2 Å². The number of hydrogen-bond donors (Lipinski definition) is 0. The summed E-state index contributed by atoms with van der Waals surface area (Å²) >= 11 is 0. The first-order valence-corrected chi connectivity index (χ1v) is 7.69. The molecule has 0 aliphatic carbocycles. The highest BCUT2D eigenvalue weighted by Crippen LogP contribution is 2.33. The average molecular weight is 359 g/mol. The van der Waals surface area contributed by atoms with Crippen LogP contribution < -0.4 is 0 Å². The maximum atomic E-state index is 12.9. The number of rotatable bonds is 1. The molecule has 0 fully saturated rings. The van der Waals surface area contributed by atoms with Crippen LogP contribution >= 0.6 is 0 Å². The predicted molar refractivity (Wildman–Crippen MR) is 82.7 cm³/mol. The van der Waals surface area contributed by atoms with E-state index in [2.05, 4.69) is 0 Å². The first-order chi connectivity index (χ1) is 11.4. The summed E-state index contributed by atoms with van der Waals surface area (Å²) in [6.45, 7) is 4.83. The lowest BCUT2D eigenvalue weighted by Gasteiger charge is -2.36. The first kappa shape index (κ1) is 19.1. The molecule has 0 radical (unpaired) electrons. The van der Waals surface area contributed by atoms with Crippen molar-refractivity contribution in [3.05, 3.63) is 34.9 Å². The summed E-state index contributed by atoms with van der Waals surface area (Å²) < 4.78 is 48.7. The van der Waals surface area contributed by atoms with Gasteiger partial charge in [-0.1, -0.05) is 6.07 Å². The Morgan fingerprint density at radius 2 is 1.80 bits per heavy atom. The number of carbonyl (C=O) groups is 2. The Labute approximate surface area is 143 Å². The van der Waals surface area contributed by atoms with Gasteiger partial charge in [0.05, 0.1) is 19.2 Å². The van der Waals surface area contributed by atoms with Gasteiger partial charge in [0, 0.05) is 6.42 Å². The van der Waals surface area contributed by atoms with E-state index in [9.17, 15) is 22.8 Å². The van der Waals surface area contributed by atoms with Gasteiger partial charge in [-0.25, -0.2) is 9.59 Å². The molecule has 1 heterocycles. The van der Waals surface area contributed by atoms with Crippen LogP contribution in [0.5, 0.6) is 0 Å². The van der Waals surface area contributed by atoms with Gasteiger partial charge in [0.1, 0.15) is 11.6 Å². The molecule has 138 valence electrons. The van der Waals surface area contributed by atoms with Gasteiger partial charge in [-0.05, 0) is 44.0 Å². The smallest absolute Gasteiger partial charge is 0.416 e. The number of hydrogen-bond acceptors (Lipinski definition) is 4. The van der Waals surface area contributed by atoms with E-state index in [-0.39, 0.29) is 13.0 Å². The number of methoxy groups -OCH3 is 1. The Bertz CT molecular complexity index is 679. The first-order valence-electron chi connectivity index (χ1n) is 7.69. The van der Waals surface area contributed by atoms with E-state index >= 15 is 0 Å². The van der Waals surface area contributed by atoms with Crippen LogP contribution in [0.1, 0.15) is 37.5 Å². The molecule has 0 aromatic heterocycles. The zero-order valence-corrected chi connectivity index (χ0v) is 14.4. The van der Waals surface area contributed by atoms with Gasteiger partial charge in [-0.2, -0.15) is 13.2 Å². The minimum Gasteiger partial charge on any atom is -0.467 e. The Hall–Kier alpha value is -2.25. The summed E-state index contributed by atoms with van der Waals surface area (Å²) in [4.78, 5) is 25.6. The van der Waals surface area contributed by atoms with Gasteiger partial charge in [0.15, 0.2) is 0 Å². The molecule has 0 N–H and O–H groups in total. The van der Waals surface area contributed by atoms with Crippen LogP contribution in [0, 0.1) is 0 Å². The van der Waals surface area contributed by atoms with Crippen molar-refractivity contribution in [1.29, 1.82) is 0 Å². The quantitative estimate of drug-likeness (QED) is 0.720. The highest BCUT2D eigenvalue weighted by Gasteiger charge is 2.39. The second kappa shape index (κ2) is 6.57. The van der Waals surface area contributed by atoms with Crippen LogP contribution in [0.4, 0.5) is 18.0 Å². The lowest BCUT2D eigenvalue weighted by atomic mass is 9.92. The molecule has 1 amide bonds. The van der Waals surface area contributed by atoms with E-state index in [1.54, 1.807) is 20.8 Å². The largest absolute Gasteiger partial charge is 0.467 e. The zero-order chi connectivity index (χ0) is 19.0. The molecule has 1 aromatic rings. The molecule has 0 spiro atoms. The van der Waals surface area contributed by atoms with Gasteiger partial charge in [0.25, 0.3) is 0 Å². The molecule has 2 rings (SSSR count). The minimum absolute atomic E-state index is 0.0688. The SMILES string of the molecule is COC(=O)[C@@H]1Cc2ccc(C(F)(F)F)cc2CN1C(=O)OC(C)(C)C. The molecule has 1 aliphatic heterocycles. The highest BCUT2D eigenvalue weighted by molar-refractivity contribution is 5.82. The molecule has 0 bridgehead atoms. The Morgan fingerprint density at radius 1 is 1.16 bits per heavy atom. The fourth-order valence-electron chi connectivity index (χ4n) is 2.62. The fourth-order valence-corrected chi connectivity index (χ4v) is 2.62. The third-order valence-corrected chi connectivity index (χ3v) is 3.77. The maximum Gasteiger partial charge on any atom is 0.416 e. The highest BCUT2D eigenvalue weighted by atomic mass is 19.4. The predicted octanol–water partition coefficient (Wildman–Crippen LogP) is 3.54. The molecule has 0 unspecified atom stereocenters. The third-order valence-electron chi connectivity index (χ3n) is 3.77. The van der Waals surface area contributed by atoms with Crippen LogP contribution in [0.25, 0.3) is 0 Å². The van der Waals surface area contributed by atoms with Gasteiger partial charge in [0.2, 0.25) is 0 Å². The molecule has 1 aliphatic rings. The van der Waals surface area contributed by atoms with Crippen LogP contribution in [-0.2, 0) is 33.4 Å². The fraction of sp³-hybridized carbons (Fsp3) is 0.529. The number of benzene rings is 1. The summed E-state index contributed by atoms with van der Waals surface area (Å²) in [5, 5.41) is 0. The Morgan fingerprint density at radius 3 is 2.32 bits per heavy atom. The lowest BCUT2D eigenvalue weighted by Crippen LogP contribution is -2.50. The number of ether oxygens (including phenoxy) is 2. The second-order valence-electron chi connectivity index (χ2n) is 6.83. The number of carbonyl (C=O) groups excluding carboxylic acids is 2. The van der Waals surface area contributed by atoms with Gasteiger partial charge < -0.3 is 9.47 Å². The standard InChI is InChI=1S/C17H20F3NO4/c1-16(2,3)25-15(23)21-9-11-7-12(17(18,19)20)6-5-10(11)8-13(21)14(22)24-4/h5-7,13H,8-9H2,1-4H3/t13-/m0/s1. The second-order valence-corrected chi connectivity index (χ2v) is 6.83. The molecule has 25 heavy (non-hydrogen) atoms. The van der Waals surface area contributed by atoms with E-state index in [0.29, 0.717) is 11.1 Å². The summed E-state index contributed by atoms with van der Waals surface area (Å²) in [6.07, 6.45) is -5.18. The van der Waals surface area contributed by atoms with Gasteiger partial charge in [-0.3, -0.25) is 4.90 Å². The molecule has 0 saturated carbocycles. The number of amides is 1. The van der Waals surface area contributed by atoms with E-state index in [4.69, 9.17) is 9.47 Å². The van der Waals surface area contributed by atoms with E-state index < -0.39 is 35.4 Å². The molecular formula is C17H20F3NO4. The number of nitrogens with zero attached hydrogens (tertiary/aromatic N) is 1. The Kier molecular flexibility index (Phi) is 5.02. The van der Waals surface area contributed by atoms with Gasteiger partial charge in [-0.15, -0.1) is 0 Å². The average Bonchev–Trinajstić information content (AvgIpc) is 2.49. The van der Waals surface area contributed by atoms with Crippen LogP contribution in [0.15, 0.2) is 18.2 Å². The number of halogens is 3. The van der Waals surface area contributed by atoms with Crippen molar-refractivity contribution in [3.8, 4) is 0 Å². The molecule has 0 saturated heterocycles. The van der Waals surface area contributed by atoms with E-state index in [1.807, 2.05) is 0 Å². The summed E-state index contributed by atoms with van der Waals surface area (Å²) in [6, 6.07) is 2.36. The molecule has 1 atom stereocenters. The number of alkyl halides is 3.